The number of unbranched alkanes of at least 4 members (excludes halogenated alkanes) is 2. The van der Waals surface area contributed by atoms with Crippen LogP contribution in [0.15, 0.2) is 24.8 Å². The number of nitrogens with zero attached hydrogens (tertiary/aromatic N) is 1. The molecule has 0 unspecified atom stereocenters. The molecule has 0 saturated carbocycles. The number of hydrogen-bond donors (Lipinski definition) is 0. The minimum Gasteiger partial charge on any atom is -0.370 e. The zero-order valence-corrected chi connectivity index (χ0v) is 9.95. The first-order valence-corrected chi connectivity index (χ1v) is 5.94. The van der Waals surface area contributed by atoms with Crippen LogP contribution in [0.4, 0.5) is 0 Å². The largest absolute Gasteiger partial charge is 0.370 e. The normalized spacial score (nSPS) is 20.6. The van der Waals surface area contributed by atoms with E-state index in [2.05, 4.69) is 25.8 Å². The molecular formula is C13H24NO+. The van der Waals surface area contributed by atoms with E-state index < -0.39 is 0 Å². The van der Waals surface area contributed by atoms with Crippen molar-refractivity contribution in [3.8, 4) is 0 Å². The summed E-state index contributed by atoms with van der Waals surface area (Å²) in [4.78, 5) is 0. The molecule has 0 aromatic heterocycles. The molecule has 1 rings (SSSR count). The van der Waals surface area contributed by atoms with Gasteiger partial charge in [-0.15, -0.1) is 6.58 Å². The Morgan fingerprint density at radius 2 is 1.93 bits per heavy atom. The van der Waals surface area contributed by atoms with Crippen molar-refractivity contribution in [2.75, 3.05) is 39.9 Å². The average molecular weight is 210 g/mol. The highest BCUT2D eigenvalue weighted by Gasteiger charge is 2.23. The summed E-state index contributed by atoms with van der Waals surface area (Å²) in [6, 6.07) is 0. The Kier molecular flexibility index (Phi) is 5.66. The Hall–Kier alpha value is -0.600. The van der Waals surface area contributed by atoms with Crippen LogP contribution in [0.5, 0.6) is 0 Å². The number of ether oxygens (including phenoxy) is 1. The Balaban J connectivity index is 2.14. The third-order valence-electron chi connectivity index (χ3n) is 3.04. The van der Waals surface area contributed by atoms with Crippen LogP contribution in [0, 0.1) is 0 Å². The molecule has 1 aliphatic rings. The number of hydrogen-bond acceptors (Lipinski definition) is 1. The summed E-state index contributed by atoms with van der Waals surface area (Å²) in [7, 11) is 2.32. The van der Waals surface area contributed by atoms with Crippen LogP contribution in [0.3, 0.4) is 0 Å². The molecule has 1 heterocycles. The molecule has 2 heteroatoms. The summed E-state index contributed by atoms with van der Waals surface area (Å²) in [5.41, 5.74) is 0. The summed E-state index contributed by atoms with van der Waals surface area (Å²) in [6.45, 7) is 9.01. The second-order valence-corrected chi connectivity index (χ2v) is 4.55. The maximum atomic E-state index is 5.37. The second-order valence-electron chi connectivity index (χ2n) is 4.55. The highest BCUT2D eigenvalue weighted by Crippen LogP contribution is 2.07. The predicted octanol–water partition coefficient (Wildman–Crippen LogP) is 2.38. The molecule has 2 nitrogen and oxygen atoms in total. The van der Waals surface area contributed by atoms with Gasteiger partial charge in [0, 0.05) is 0 Å². The monoisotopic (exact) mass is 210 g/mol. The van der Waals surface area contributed by atoms with Gasteiger partial charge in [0.05, 0.1) is 26.8 Å². The number of likely N-dealkylation sites (N-methyl/N-ethyl adjacent to an activating group) is 1. The van der Waals surface area contributed by atoms with E-state index in [0.29, 0.717) is 0 Å². The SMILES string of the molecule is C=CCCC/C=C/C[N+]1(C)CCOCC1. The molecule has 15 heavy (non-hydrogen) atoms. The zero-order valence-electron chi connectivity index (χ0n) is 9.95. The van der Waals surface area contributed by atoms with Gasteiger partial charge in [-0.1, -0.05) is 12.2 Å². The summed E-state index contributed by atoms with van der Waals surface area (Å²) in [5, 5.41) is 0. The van der Waals surface area contributed by atoms with Crippen LogP contribution in [0.2, 0.25) is 0 Å². The van der Waals surface area contributed by atoms with Gasteiger partial charge in [0.15, 0.2) is 0 Å². The predicted molar refractivity (Wildman–Crippen MR) is 64.8 cm³/mol. The van der Waals surface area contributed by atoms with Crippen LogP contribution in [0.1, 0.15) is 19.3 Å². The summed E-state index contributed by atoms with van der Waals surface area (Å²) < 4.78 is 6.51. The summed E-state index contributed by atoms with van der Waals surface area (Å²) >= 11 is 0. The van der Waals surface area contributed by atoms with E-state index in [1.54, 1.807) is 0 Å². The minimum atomic E-state index is 0.917. The molecule has 0 atom stereocenters. The maximum absolute atomic E-state index is 5.37. The number of allylic oxidation sites excluding steroid dienone is 2. The maximum Gasteiger partial charge on any atom is 0.102 e. The van der Waals surface area contributed by atoms with Crippen molar-refractivity contribution in [1.29, 1.82) is 0 Å². The average Bonchev–Trinajstić information content (AvgIpc) is 2.24. The van der Waals surface area contributed by atoms with E-state index in [1.165, 1.54) is 12.8 Å². The lowest BCUT2D eigenvalue weighted by atomic mass is 10.2. The number of rotatable bonds is 6. The molecule has 1 aliphatic heterocycles. The lowest BCUT2D eigenvalue weighted by molar-refractivity contribution is -0.911. The van der Waals surface area contributed by atoms with E-state index in [1.807, 2.05) is 6.08 Å². The van der Waals surface area contributed by atoms with Crippen LogP contribution in [-0.2, 0) is 4.74 Å². The Bertz CT molecular complexity index is 205. The van der Waals surface area contributed by atoms with E-state index in [-0.39, 0.29) is 0 Å². The lowest BCUT2D eigenvalue weighted by Crippen LogP contribution is -2.51. The van der Waals surface area contributed by atoms with Gasteiger partial charge >= 0.3 is 0 Å². The molecule has 0 aromatic carbocycles. The van der Waals surface area contributed by atoms with Gasteiger partial charge in [0.2, 0.25) is 0 Å². The first-order chi connectivity index (χ1) is 7.27. The van der Waals surface area contributed by atoms with Gasteiger partial charge < -0.3 is 9.22 Å². The van der Waals surface area contributed by atoms with Gasteiger partial charge in [0.25, 0.3) is 0 Å². The van der Waals surface area contributed by atoms with Crippen molar-refractivity contribution < 1.29 is 9.22 Å². The molecule has 0 aromatic rings. The molecule has 0 N–H and O–H groups in total. The Morgan fingerprint density at radius 1 is 1.20 bits per heavy atom. The number of quaternary nitrogens is 1. The fourth-order valence-electron chi connectivity index (χ4n) is 1.79. The Morgan fingerprint density at radius 3 is 2.60 bits per heavy atom. The van der Waals surface area contributed by atoms with Crippen LogP contribution >= 0.6 is 0 Å². The second kappa shape index (κ2) is 6.81. The fourth-order valence-corrected chi connectivity index (χ4v) is 1.79. The molecule has 86 valence electrons. The van der Waals surface area contributed by atoms with Gasteiger partial charge in [-0.3, -0.25) is 0 Å². The third kappa shape index (κ3) is 5.14. The van der Waals surface area contributed by atoms with Crippen molar-refractivity contribution in [2.24, 2.45) is 0 Å². The van der Waals surface area contributed by atoms with E-state index in [9.17, 15) is 0 Å². The molecule has 0 bridgehead atoms. The molecule has 0 aliphatic carbocycles. The standard InChI is InChI=1S/C13H24NO/c1-3-4-5-6-7-8-9-14(2)10-12-15-13-11-14/h3,7-8H,1,4-6,9-13H2,2H3/q+1/b8-7+. The van der Waals surface area contributed by atoms with Gasteiger partial charge in [-0.2, -0.15) is 0 Å². The van der Waals surface area contributed by atoms with Gasteiger partial charge in [-0.25, -0.2) is 0 Å². The van der Waals surface area contributed by atoms with E-state index >= 15 is 0 Å². The van der Waals surface area contributed by atoms with Gasteiger partial charge in [-0.05, 0) is 25.3 Å². The smallest absolute Gasteiger partial charge is 0.102 e. The molecule has 1 fully saturated rings. The van der Waals surface area contributed by atoms with E-state index in [0.717, 1.165) is 43.8 Å². The number of morpholine rings is 1. The summed E-state index contributed by atoms with van der Waals surface area (Å²) in [5.74, 6) is 0. The molecular weight excluding hydrogens is 186 g/mol. The van der Waals surface area contributed by atoms with Crippen LogP contribution < -0.4 is 0 Å². The van der Waals surface area contributed by atoms with Crippen molar-refractivity contribution in [1.82, 2.24) is 0 Å². The first-order valence-electron chi connectivity index (χ1n) is 5.94. The van der Waals surface area contributed by atoms with E-state index in [4.69, 9.17) is 4.74 Å². The topological polar surface area (TPSA) is 9.23 Å². The lowest BCUT2D eigenvalue weighted by Gasteiger charge is -2.36. The van der Waals surface area contributed by atoms with Crippen molar-refractivity contribution >= 4 is 0 Å². The molecule has 1 saturated heterocycles. The van der Waals surface area contributed by atoms with Crippen LogP contribution in [-0.4, -0.2) is 44.4 Å². The highest BCUT2D eigenvalue weighted by molar-refractivity contribution is 4.82. The van der Waals surface area contributed by atoms with Crippen molar-refractivity contribution in [3.05, 3.63) is 24.8 Å². The van der Waals surface area contributed by atoms with Crippen molar-refractivity contribution in [2.45, 2.75) is 19.3 Å². The third-order valence-corrected chi connectivity index (χ3v) is 3.04. The summed E-state index contributed by atoms with van der Waals surface area (Å²) in [6.07, 6.45) is 10.2. The minimum absolute atomic E-state index is 0.917. The fraction of sp³-hybridized carbons (Fsp3) is 0.692. The molecule has 0 spiro atoms. The van der Waals surface area contributed by atoms with Crippen molar-refractivity contribution in [3.63, 3.8) is 0 Å². The van der Waals surface area contributed by atoms with Crippen LogP contribution in [0.25, 0.3) is 0 Å². The first kappa shape index (κ1) is 12.5. The molecule has 0 amide bonds. The quantitative estimate of drug-likeness (QED) is 0.371. The Labute approximate surface area is 93.8 Å². The van der Waals surface area contributed by atoms with Gasteiger partial charge in [0.1, 0.15) is 13.1 Å². The zero-order chi connectivity index (χ0) is 11.0. The molecule has 0 radical (unpaired) electrons. The highest BCUT2D eigenvalue weighted by atomic mass is 16.5.